The lowest BCUT2D eigenvalue weighted by Gasteiger charge is -2.14. The second-order valence-corrected chi connectivity index (χ2v) is 5.26. The van der Waals surface area contributed by atoms with E-state index in [4.69, 9.17) is 9.47 Å². The van der Waals surface area contributed by atoms with Crippen molar-refractivity contribution in [3.63, 3.8) is 0 Å². The Morgan fingerprint density at radius 3 is 2.42 bits per heavy atom. The number of phenols is 1. The maximum absolute atomic E-state index is 12.1. The summed E-state index contributed by atoms with van der Waals surface area (Å²) in [7, 11) is 1.38. The van der Waals surface area contributed by atoms with E-state index >= 15 is 0 Å². The number of carbonyl (C=O) groups is 2. The first-order chi connectivity index (χ1) is 11.4. The lowest BCUT2D eigenvalue weighted by molar-refractivity contribution is -0.123. The van der Waals surface area contributed by atoms with Crippen molar-refractivity contribution in [1.29, 1.82) is 0 Å². The van der Waals surface area contributed by atoms with Gasteiger partial charge < -0.3 is 19.9 Å². The van der Waals surface area contributed by atoms with Gasteiger partial charge in [0.15, 0.2) is 17.6 Å². The molecule has 24 heavy (non-hydrogen) atoms. The number of benzene rings is 2. The maximum atomic E-state index is 12.1. The van der Waals surface area contributed by atoms with Crippen LogP contribution in [-0.4, -0.2) is 30.2 Å². The molecule has 1 atom stereocenters. The molecular formula is C18H19NO5. The quantitative estimate of drug-likeness (QED) is 0.824. The molecule has 0 aliphatic heterocycles. The third-order valence-electron chi connectivity index (χ3n) is 3.41. The summed E-state index contributed by atoms with van der Waals surface area (Å²) < 4.78 is 10.0. The lowest BCUT2D eigenvalue weighted by Crippen LogP contribution is -2.30. The molecule has 0 bridgehead atoms. The largest absolute Gasteiger partial charge is 0.504 e. The van der Waals surface area contributed by atoms with E-state index in [2.05, 4.69) is 5.32 Å². The van der Waals surface area contributed by atoms with Gasteiger partial charge in [-0.25, -0.2) is 4.79 Å². The molecular weight excluding hydrogens is 310 g/mol. The predicted octanol–water partition coefficient (Wildman–Crippen LogP) is 2.89. The number of amides is 1. The maximum Gasteiger partial charge on any atom is 0.342 e. The normalized spacial score (nSPS) is 11.5. The fraction of sp³-hybridized carbons (Fsp3) is 0.222. The monoisotopic (exact) mass is 329 g/mol. The number of phenolic OH excluding ortho intramolecular Hbond substituents is 1. The fourth-order valence-corrected chi connectivity index (χ4v) is 2.01. The van der Waals surface area contributed by atoms with Crippen LogP contribution in [0, 0.1) is 6.92 Å². The summed E-state index contributed by atoms with van der Waals surface area (Å²) in [4.78, 5) is 24.2. The molecule has 0 aliphatic carbocycles. The van der Waals surface area contributed by atoms with Crippen LogP contribution in [0.2, 0.25) is 0 Å². The van der Waals surface area contributed by atoms with Crippen LogP contribution < -0.4 is 10.1 Å². The number of carbonyl (C=O) groups excluding carboxylic acids is 2. The molecule has 6 nitrogen and oxygen atoms in total. The first kappa shape index (κ1) is 17.3. The molecule has 2 rings (SSSR count). The van der Waals surface area contributed by atoms with Crippen LogP contribution in [0.1, 0.15) is 22.8 Å². The van der Waals surface area contributed by atoms with Gasteiger partial charge in [0.1, 0.15) is 5.56 Å². The van der Waals surface area contributed by atoms with Crippen LogP contribution in [0.15, 0.2) is 42.5 Å². The molecule has 1 amide bonds. The number of hydrogen-bond acceptors (Lipinski definition) is 5. The van der Waals surface area contributed by atoms with Gasteiger partial charge in [-0.1, -0.05) is 23.8 Å². The van der Waals surface area contributed by atoms with Crippen LogP contribution in [0.3, 0.4) is 0 Å². The van der Waals surface area contributed by atoms with E-state index < -0.39 is 18.0 Å². The van der Waals surface area contributed by atoms with E-state index in [1.165, 1.54) is 26.2 Å². The highest BCUT2D eigenvalue weighted by atomic mass is 16.5. The molecule has 0 fully saturated rings. The Bertz CT molecular complexity index is 740. The Morgan fingerprint density at radius 2 is 1.79 bits per heavy atom. The molecule has 0 saturated heterocycles. The Morgan fingerprint density at radius 1 is 1.12 bits per heavy atom. The van der Waals surface area contributed by atoms with Crippen LogP contribution >= 0.6 is 0 Å². The number of methoxy groups -OCH3 is 1. The summed E-state index contributed by atoms with van der Waals surface area (Å²) in [5.74, 6) is -1.44. The number of aryl methyl sites for hydroxylation is 1. The van der Waals surface area contributed by atoms with E-state index in [9.17, 15) is 14.7 Å². The lowest BCUT2D eigenvalue weighted by atomic mass is 10.2. The molecule has 0 saturated carbocycles. The smallest absolute Gasteiger partial charge is 0.342 e. The van der Waals surface area contributed by atoms with Crippen molar-refractivity contribution in [2.75, 3.05) is 12.4 Å². The van der Waals surface area contributed by atoms with Gasteiger partial charge in [0.25, 0.3) is 5.91 Å². The summed E-state index contributed by atoms with van der Waals surface area (Å²) in [6.07, 6.45) is -1.02. The van der Waals surface area contributed by atoms with Gasteiger partial charge >= 0.3 is 5.97 Å². The Labute approximate surface area is 140 Å². The number of para-hydroxylation sites is 1. The van der Waals surface area contributed by atoms with E-state index in [0.717, 1.165) is 5.56 Å². The van der Waals surface area contributed by atoms with Crippen molar-refractivity contribution < 1.29 is 24.2 Å². The van der Waals surface area contributed by atoms with Gasteiger partial charge in [-0.3, -0.25) is 4.79 Å². The zero-order valence-corrected chi connectivity index (χ0v) is 13.7. The zero-order chi connectivity index (χ0) is 17.7. The van der Waals surface area contributed by atoms with Gasteiger partial charge in [-0.05, 0) is 38.1 Å². The van der Waals surface area contributed by atoms with Crippen molar-refractivity contribution in [2.24, 2.45) is 0 Å². The molecule has 0 aliphatic rings. The molecule has 126 valence electrons. The summed E-state index contributed by atoms with van der Waals surface area (Å²) in [5, 5.41) is 12.6. The Balaban J connectivity index is 2.03. The van der Waals surface area contributed by atoms with Crippen molar-refractivity contribution in [3.8, 4) is 11.5 Å². The molecule has 2 aromatic rings. The van der Waals surface area contributed by atoms with Crippen LogP contribution in [0.4, 0.5) is 5.69 Å². The molecule has 2 aromatic carbocycles. The molecule has 0 heterocycles. The van der Waals surface area contributed by atoms with E-state index in [-0.39, 0.29) is 17.1 Å². The predicted molar refractivity (Wildman–Crippen MR) is 89.3 cm³/mol. The third-order valence-corrected chi connectivity index (χ3v) is 3.41. The topological polar surface area (TPSA) is 84.9 Å². The summed E-state index contributed by atoms with van der Waals surface area (Å²) >= 11 is 0. The number of nitrogens with one attached hydrogen (secondary N) is 1. The van der Waals surface area contributed by atoms with Gasteiger partial charge in [0.05, 0.1) is 7.11 Å². The van der Waals surface area contributed by atoms with E-state index in [0.29, 0.717) is 5.69 Å². The van der Waals surface area contributed by atoms with Gasteiger partial charge in [0.2, 0.25) is 0 Å². The van der Waals surface area contributed by atoms with Crippen LogP contribution in [0.5, 0.6) is 11.5 Å². The van der Waals surface area contributed by atoms with Crippen molar-refractivity contribution in [2.45, 2.75) is 20.0 Å². The molecule has 1 unspecified atom stereocenters. The first-order valence-corrected chi connectivity index (χ1v) is 7.37. The highest BCUT2D eigenvalue weighted by Gasteiger charge is 2.22. The third kappa shape index (κ3) is 4.04. The average molecular weight is 329 g/mol. The van der Waals surface area contributed by atoms with Crippen molar-refractivity contribution in [1.82, 2.24) is 0 Å². The number of rotatable bonds is 5. The van der Waals surface area contributed by atoms with Crippen LogP contribution in [-0.2, 0) is 9.53 Å². The van der Waals surface area contributed by atoms with E-state index in [1.54, 1.807) is 18.2 Å². The summed E-state index contributed by atoms with van der Waals surface area (Å²) in [6, 6.07) is 11.7. The highest BCUT2D eigenvalue weighted by molar-refractivity contribution is 5.98. The molecule has 0 radical (unpaired) electrons. The molecule has 0 aromatic heterocycles. The minimum absolute atomic E-state index is 0.0654. The standard InChI is InChI=1S/C18H19NO5/c1-11-7-9-13(10-8-11)19-17(21)12(2)24-18(22)14-5-4-6-15(23-3)16(14)20/h4-10,12,20H,1-3H3,(H,19,21). The Kier molecular flexibility index (Phi) is 5.42. The number of ether oxygens (including phenoxy) is 2. The molecule has 0 spiro atoms. The summed E-state index contributed by atoms with van der Waals surface area (Å²) in [6.45, 7) is 3.40. The minimum Gasteiger partial charge on any atom is -0.504 e. The van der Waals surface area contributed by atoms with Crippen molar-refractivity contribution in [3.05, 3.63) is 53.6 Å². The van der Waals surface area contributed by atoms with E-state index in [1.807, 2.05) is 19.1 Å². The molecule has 6 heteroatoms. The second kappa shape index (κ2) is 7.50. The first-order valence-electron chi connectivity index (χ1n) is 7.37. The number of esters is 1. The fourth-order valence-electron chi connectivity index (χ4n) is 2.01. The van der Waals surface area contributed by atoms with Gasteiger partial charge in [0, 0.05) is 5.69 Å². The molecule has 2 N–H and O–H groups in total. The van der Waals surface area contributed by atoms with Crippen LogP contribution in [0.25, 0.3) is 0 Å². The summed E-state index contributed by atoms with van der Waals surface area (Å²) in [5.41, 5.74) is 1.61. The highest BCUT2D eigenvalue weighted by Crippen LogP contribution is 2.30. The van der Waals surface area contributed by atoms with Gasteiger partial charge in [-0.2, -0.15) is 0 Å². The average Bonchev–Trinajstić information content (AvgIpc) is 2.56. The second-order valence-electron chi connectivity index (χ2n) is 5.26. The Hall–Kier alpha value is -3.02. The van der Waals surface area contributed by atoms with Gasteiger partial charge in [-0.15, -0.1) is 0 Å². The zero-order valence-electron chi connectivity index (χ0n) is 13.7. The minimum atomic E-state index is -1.02. The number of aromatic hydroxyl groups is 1. The number of anilines is 1. The number of hydrogen-bond donors (Lipinski definition) is 2. The van der Waals surface area contributed by atoms with Crippen molar-refractivity contribution >= 4 is 17.6 Å². The SMILES string of the molecule is COc1cccc(C(=O)OC(C)C(=O)Nc2ccc(C)cc2)c1O.